The molecule has 0 spiro atoms. The third kappa shape index (κ3) is 6.02. The Bertz CT molecular complexity index is 849. The minimum Gasteiger partial charge on any atom is -0.444 e. The van der Waals surface area contributed by atoms with Crippen LogP contribution in [0.2, 0.25) is 0 Å². The van der Waals surface area contributed by atoms with Crippen molar-refractivity contribution < 1.29 is 14.3 Å². The number of ether oxygens (including phenoxy) is 2. The predicted molar refractivity (Wildman–Crippen MR) is 124 cm³/mol. The summed E-state index contributed by atoms with van der Waals surface area (Å²) in [6, 6.07) is 4.15. The van der Waals surface area contributed by atoms with Crippen molar-refractivity contribution >= 4 is 29.2 Å². The molecule has 0 aliphatic carbocycles. The number of aromatic nitrogens is 3. The van der Waals surface area contributed by atoms with Gasteiger partial charge in [-0.25, -0.2) is 4.79 Å². The first-order valence-corrected chi connectivity index (χ1v) is 12.9. The predicted octanol–water partition coefficient (Wildman–Crippen LogP) is 4.92. The molecule has 0 N–H and O–H groups in total. The van der Waals surface area contributed by atoms with Gasteiger partial charge in [0.1, 0.15) is 5.60 Å². The lowest BCUT2D eigenvalue weighted by Gasteiger charge is -2.33. The van der Waals surface area contributed by atoms with Crippen LogP contribution in [0.25, 0.3) is 10.7 Å². The second kappa shape index (κ2) is 9.92. The molecule has 1 atom stereocenters. The lowest BCUT2D eigenvalue weighted by atomic mass is 9.99. The monoisotopic (exact) mass is 464 g/mol. The highest BCUT2D eigenvalue weighted by Gasteiger charge is 2.28. The molecule has 2 aliphatic rings. The molecule has 31 heavy (non-hydrogen) atoms. The van der Waals surface area contributed by atoms with E-state index in [1.54, 1.807) is 23.1 Å². The molecule has 0 bridgehead atoms. The van der Waals surface area contributed by atoms with Crippen LogP contribution in [0, 0.1) is 5.92 Å². The third-order valence-electron chi connectivity index (χ3n) is 5.58. The van der Waals surface area contributed by atoms with Gasteiger partial charge in [-0.15, -0.1) is 21.5 Å². The van der Waals surface area contributed by atoms with Gasteiger partial charge in [0.25, 0.3) is 0 Å². The molecule has 2 aromatic rings. The minimum absolute atomic E-state index is 0.199. The summed E-state index contributed by atoms with van der Waals surface area (Å²) in [5.41, 5.74) is -0.447. The summed E-state index contributed by atoms with van der Waals surface area (Å²) < 4.78 is 13.6. The maximum absolute atomic E-state index is 12.3. The van der Waals surface area contributed by atoms with Gasteiger partial charge in [-0.05, 0) is 63.8 Å². The van der Waals surface area contributed by atoms with Crippen molar-refractivity contribution in [3.8, 4) is 10.7 Å². The lowest BCUT2D eigenvalue weighted by Crippen LogP contribution is -2.42. The topological polar surface area (TPSA) is 69.5 Å². The summed E-state index contributed by atoms with van der Waals surface area (Å²) in [4.78, 5) is 15.3. The van der Waals surface area contributed by atoms with Gasteiger partial charge in [0, 0.05) is 25.4 Å². The zero-order valence-corrected chi connectivity index (χ0v) is 20.2. The fourth-order valence-corrected chi connectivity index (χ4v) is 5.79. The van der Waals surface area contributed by atoms with E-state index in [9.17, 15) is 4.79 Å². The number of hydrogen-bond acceptors (Lipinski definition) is 7. The molecule has 0 unspecified atom stereocenters. The Kier molecular flexibility index (Phi) is 7.23. The van der Waals surface area contributed by atoms with Crippen LogP contribution in [0.5, 0.6) is 0 Å². The van der Waals surface area contributed by atoms with E-state index < -0.39 is 5.60 Å². The largest absolute Gasteiger partial charge is 0.444 e. The van der Waals surface area contributed by atoms with E-state index >= 15 is 0 Å². The van der Waals surface area contributed by atoms with Gasteiger partial charge < -0.3 is 14.4 Å². The molecule has 0 radical (unpaired) electrons. The standard InChI is InChI=1S/C22H32N4O3S2/c1-22(2,3)29-21(27)25-10-8-16(9-11-25)15-31-20-24-23-19(18-7-5-13-30-18)26(20)14-17-6-4-12-28-17/h5,7,13,16-17H,4,6,8-12,14-15H2,1-3H3/t17-/m1/s1. The highest BCUT2D eigenvalue weighted by molar-refractivity contribution is 7.99. The Morgan fingerprint density at radius 3 is 2.74 bits per heavy atom. The molecular weight excluding hydrogens is 432 g/mol. The van der Waals surface area contributed by atoms with Gasteiger partial charge in [-0.1, -0.05) is 17.8 Å². The summed E-state index contributed by atoms with van der Waals surface area (Å²) in [6.07, 6.45) is 4.24. The molecule has 7 nitrogen and oxygen atoms in total. The number of hydrogen-bond donors (Lipinski definition) is 0. The maximum atomic E-state index is 12.3. The molecule has 2 fully saturated rings. The van der Waals surface area contributed by atoms with Crippen LogP contribution in [0.4, 0.5) is 4.79 Å². The fraction of sp³-hybridized carbons (Fsp3) is 0.682. The number of piperidine rings is 1. The van der Waals surface area contributed by atoms with Crippen LogP contribution in [-0.4, -0.2) is 62.9 Å². The number of carbonyl (C=O) groups excluding carboxylic acids is 1. The summed E-state index contributed by atoms with van der Waals surface area (Å²) in [5, 5.41) is 12.1. The molecule has 0 saturated carbocycles. The second-order valence-corrected chi connectivity index (χ2v) is 11.2. The summed E-state index contributed by atoms with van der Waals surface area (Å²) in [5.74, 6) is 2.48. The molecule has 4 rings (SSSR count). The highest BCUT2D eigenvalue weighted by atomic mass is 32.2. The Morgan fingerprint density at radius 2 is 2.10 bits per heavy atom. The van der Waals surface area contributed by atoms with Crippen molar-refractivity contribution in [1.29, 1.82) is 0 Å². The molecule has 170 valence electrons. The van der Waals surface area contributed by atoms with E-state index in [0.717, 1.165) is 73.5 Å². The molecule has 2 aromatic heterocycles. The van der Waals surface area contributed by atoms with E-state index in [1.807, 2.05) is 25.7 Å². The Labute approximate surface area is 192 Å². The summed E-state index contributed by atoms with van der Waals surface area (Å²) >= 11 is 3.47. The molecule has 4 heterocycles. The van der Waals surface area contributed by atoms with Crippen molar-refractivity contribution in [3.63, 3.8) is 0 Å². The number of nitrogens with zero attached hydrogens (tertiary/aromatic N) is 4. The highest BCUT2D eigenvalue weighted by Crippen LogP contribution is 2.31. The molecule has 9 heteroatoms. The molecular formula is C22H32N4O3S2. The van der Waals surface area contributed by atoms with E-state index in [-0.39, 0.29) is 12.2 Å². The first-order chi connectivity index (χ1) is 14.9. The number of carbonyl (C=O) groups is 1. The van der Waals surface area contributed by atoms with Gasteiger partial charge in [-0.3, -0.25) is 4.57 Å². The number of amides is 1. The minimum atomic E-state index is -0.447. The quantitative estimate of drug-likeness (QED) is 0.565. The van der Waals surface area contributed by atoms with Crippen LogP contribution in [0.3, 0.4) is 0 Å². The van der Waals surface area contributed by atoms with Crippen molar-refractivity contribution in [3.05, 3.63) is 17.5 Å². The third-order valence-corrected chi connectivity index (χ3v) is 7.65. The van der Waals surface area contributed by atoms with E-state index in [1.165, 1.54) is 0 Å². The number of likely N-dealkylation sites (tertiary alicyclic amines) is 1. The van der Waals surface area contributed by atoms with Crippen molar-refractivity contribution in [2.24, 2.45) is 5.92 Å². The first-order valence-electron chi connectivity index (χ1n) is 11.1. The van der Waals surface area contributed by atoms with Crippen LogP contribution in [0.1, 0.15) is 46.5 Å². The zero-order chi connectivity index (χ0) is 21.8. The smallest absolute Gasteiger partial charge is 0.410 e. The van der Waals surface area contributed by atoms with Crippen LogP contribution in [-0.2, 0) is 16.0 Å². The Morgan fingerprint density at radius 1 is 1.29 bits per heavy atom. The van der Waals surface area contributed by atoms with E-state index in [0.29, 0.717) is 5.92 Å². The number of thiophene rings is 1. The van der Waals surface area contributed by atoms with E-state index in [4.69, 9.17) is 9.47 Å². The van der Waals surface area contributed by atoms with Gasteiger partial charge in [0.15, 0.2) is 11.0 Å². The molecule has 0 aromatic carbocycles. The summed E-state index contributed by atoms with van der Waals surface area (Å²) in [6.45, 7) is 8.88. The van der Waals surface area contributed by atoms with Crippen LogP contribution >= 0.6 is 23.1 Å². The van der Waals surface area contributed by atoms with Gasteiger partial charge >= 0.3 is 6.09 Å². The second-order valence-electron chi connectivity index (χ2n) is 9.25. The van der Waals surface area contributed by atoms with Gasteiger partial charge in [0.2, 0.25) is 0 Å². The lowest BCUT2D eigenvalue weighted by molar-refractivity contribution is 0.0191. The van der Waals surface area contributed by atoms with Gasteiger partial charge in [-0.2, -0.15) is 0 Å². The average Bonchev–Trinajstić information content (AvgIpc) is 3.48. The van der Waals surface area contributed by atoms with Crippen LogP contribution < -0.4 is 0 Å². The number of thioether (sulfide) groups is 1. The van der Waals surface area contributed by atoms with Crippen molar-refractivity contribution in [2.45, 2.75) is 69.9 Å². The van der Waals surface area contributed by atoms with Crippen LogP contribution in [0.15, 0.2) is 22.7 Å². The zero-order valence-electron chi connectivity index (χ0n) is 18.6. The molecule has 2 aliphatic heterocycles. The average molecular weight is 465 g/mol. The Hall–Kier alpha value is -1.58. The van der Waals surface area contributed by atoms with Crippen molar-refractivity contribution in [1.82, 2.24) is 19.7 Å². The SMILES string of the molecule is CC(C)(C)OC(=O)N1CCC(CSc2nnc(-c3cccs3)n2C[C@H]2CCCO2)CC1. The normalized spacial score (nSPS) is 20.4. The van der Waals surface area contributed by atoms with Crippen molar-refractivity contribution in [2.75, 3.05) is 25.4 Å². The summed E-state index contributed by atoms with van der Waals surface area (Å²) in [7, 11) is 0. The van der Waals surface area contributed by atoms with E-state index in [2.05, 4.69) is 32.3 Å². The van der Waals surface area contributed by atoms with Gasteiger partial charge in [0.05, 0.1) is 17.5 Å². The number of rotatable bonds is 6. The fourth-order valence-electron chi connectivity index (χ4n) is 3.94. The molecule has 2 saturated heterocycles. The maximum Gasteiger partial charge on any atom is 0.410 e. The molecule has 1 amide bonds. The first kappa shape index (κ1) is 22.6. The Balaban J connectivity index is 1.35.